The minimum absolute atomic E-state index is 0.704. The van der Waals surface area contributed by atoms with Crippen LogP contribution in [0, 0.1) is 6.92 Å². The molecule has 0 amide bonds. The van der Waals surface area contributed by atoms with E-state index in [9.17, 15) is 0 Å². The van der Waals surface area contributed by atoms with Gasteiger partial charge in [0.1, 0.15) is 0 Å². The summed E-state index contributed by atoms with van der Waals surface area (Å²) in [5, 5.41) is 7.10. The Labute approximate surface area is 94.3 Å². The average molecular weight is 220 g/mol. The highest BCUT2D eigenvalue weighted by molar-refractivity contribution is 5.07. The van der Waals surface area contributed by atoms with Crippen LogP contribution in [0.2, 0.25) is 0 Å². The summed E-state index contributed by atoms with van der Waals surface area (Å²) in [5.74, 6) is 1.43. The Bertz CT molecular complexity index is 407. The number of aromatic nitrogens is 3. The van der Waals surface area contributed by atoms with Crippen molar-refractivity contribution >= 4 is 0 Å². The van der Waals surface area contributed by atoms with E-state index >= 15 is 0 Å². The number of hydrogen-bond donors (Lipinski definition) is 2. The van der Waals surface area contributed by atoms with Crippen molar-refractivity contribution in [2.45, 2.75) is 26.3 Å². The van der Waals surface area contributed by atoms with Crippen LogP contribution in [0.25, 0.3) is 0 Å². The first kappa shape index (κ1) is 10.9. The zero-order chi connectivity index (χ0) is 11.2. The van der Waals surface area contributed by atoms with Crippen molar-refractivity contribution in [3.8, 4) is 0 Å². The van der Waals surface area contributed by atoms with Gasteiger partial charge in [-0.2, -0.15) is 4.98 Å². The van der Waals surface area contributed by atoms with E-state index in [1.165, 1.54) is 5.56 Å². The number of H-pyrrole nitrogens is 1. The minimum Gasteiger partial charge on any atom is -0.367 e. The molecule has 0 radical (unpaired) electrons. The molecule has 0 fully saturated rings. The van der Waals surface area contributed by atoms with Gasteiger partial charge in [-0.25, -0.2) is 0 Å². The van der Waals surface area contributed by atoms with E-state index < -0.39 is 0 Å². The molecule has 0 bridgehead atoms. The molecular formula is C11H16N4O. The van der Waals surface area contributed by atoms with Gasteiger partial charge in [0.15, 0.2) is 5.82 Å². The standard InChI is InChI=1S/C11H16N4O/c1-9-14-11(16-15-9)3-2-5-12-7-10-4-6-13-8-10/h4,6,8,12-13H,2-3,5,7H2,1H3. The molecule has 0 aliphatic carbocycles. The van der Waals surface area contributed by atoms with Crippen LogP contribution in [0.4, 0.5) is 0 Å². The summed E-state index contributed by atoms with van der Waals surface area (Å²) in [7, 11) is 0. The second-order valence-electron chi connectivity index (χ2n) is 3.73. The van der Waals surface area contributed by atoms with E-state index in [1.807, 2.05) is 19.3 Å². The Morgan fingerprint density at radius 1 is 1.50 bits per heavy atom. The fraction of sp³-hybridized carbons (Fsp3) is 0.455. The molecular weight excluding hydrogens is 204 g/mol. The van der Waals surface area contributed by atoms with Crippen LogP contribution < -0.4 is 5.32 Å². The molecule has 0 saturated carbocycles. The van der Waals surface area contributed by atoms with Crippen LogP contribution in [0.5, 0.6) is 0 Å². The third kappa shape index (κ3) is 3.20. The molecule has 0 aromatic carbocycles. The molecule has 2 N–H and O–H groups in total. The summed E-state index contributed by atoms with van der Waals surface area (Å²) in [5.41, 5.74) is 1.27. The van der Waals surface area contributed by atoms with E-state index in [0.717, 1.165) is 31.8 Å². The summed E-state index contributed by atoms with van der Waals surface area (Å²) in [4.78, 5) is 7.17. The van der Waals surface area contributed by atoms with E-state index in [1.54, 1.807) is 0 Å². The number of nitrogens with one attached hydrogen (secondary N) is 2. The lowest BCUT2D eigenvalue weighted by Gasteiger charge is -2.00. The van der Waals surface area contributed by atoms with Crippen molar-refractivity contribution in [2.75, 3.05) is 6.54 Å². The smallest absolute Gasteiger partial charge is 0.226 e. The van der Waals surface area contributed by atoms with Crippen LogP contribution in [0.3, 0.4) is 0 Å². The monoisotopic (exact) mass is 220 g/mol. The van der Waals surface area contributed by atoms with Gasteiger partial charge in [0.25, 0.3) is 0 Å². The molecule has 86 valence electrons. The Kier molecular flexibility index (Phi) is 3.71. The van der Waals surface area contributed by atoms with Crippen molar-refractivity contribution in [2.24, 2.45) is 0 Å². The van der Waals surface area contributed by atoms with Gasteiger partial charge in [0.2, 0.25) is 5.89 Å². The maximum absolute atomic E-state index is 5.02. The molecule has 2 aromatic rings. The van der Waals surface area contributed by atoms with Gasteiger partial charge in [-0.3, -0.25) is 0 Å². The molecule has 5 nitrogen and oxygen atoms in total. The number of aromatic amines is 1. The van der Waals surface area contributed by atoms with Crippen LogP contribution in [-0.4, -0.2) is 21.7 Å². The second kappa shape index (κ2) is 5.46. The largest absolute Gasteiger partial charge is 0.367 e. The summed E-state index contributed by atoms with van der Waals surface area (Å²) in [6, 6.07) is 2.06. The molecule has 0 saturated heterocycles. The van der Waals surface area contributed by atoms with Crippen LogP contribution in [0.15, 0.2) is 23.0 Å². The van der Waals surface area contributed by atoms with Gasteiger partial charge < -0.3 is 14.8 Å². The number of rotatable bonds is 6. The summed E-state index contributed by atoms with van der Waals surface area (Å²) in [6.07, 6.45) is 5.76. The van der Waals surface area contributed by atoms with Crippen molar-refractivity contribution in [1.82, 2.24) is 20.4 Å². The van der Waals surface area contributed by atoms with Crippen molar-refractivity contribution in [3.63, 3.8) is 0 Å². The zero-order valence-corrected chi connectivity index (χ0v) is 9.36. The Morgan fingerprint density at radius 3 is 3.12 bits per heavy atom. The quantitative estimate of drug-likeness (QED) is 0.723. The Hall–Kier alpha value is -1.62. The zero-order valence-electron chi connectivity index (χ0n) is 9.36. The SMILES string of the molecule is Cc1noc(CCCNCc2cc[nH]c2)n1. The van der Waals surface area contributed by atoms with Gasteiger partial charge in [0.05, 0.1) is 0 Å². The summed E-state index contributed by atoms with van der Waals surface area (Å²) in [6.45, 7) is 3.68. The molecule has 0 aliphatic rings. The van der Waals surface area contributed by atoms with Crippen molar-refractivity contribution < 1.29 is 4.52 Å². The highest BCUT2D eigenvalue weighted by Crippen LogP contribution is 2.00. The van der Waals surface area contributed by atoms with Crippen molar-refractivity contribution in [1.29, 1.82) is 0 Å². The Morgan fingerprint density at radius 2 is 2.44 bits per heavy atom. The molecule has 0 aliphatic heterocycles. The van der Waals surface area contributed by atoms with Gasteiger partial charge in [-0.15, -0.1) is 0 Å². The van der Waals surface area contributed by atoms with Gasteiger partial charge in [-0.1, -0.05) is 5.16 Å². The number of aryl methyl sites for hydroxylation is 2. The molecule has 0 unspecified atom stereocenters. The van der Waals surface area contributed by atoms with E-state index in [2.05, 4.69) is 26.5 Å². The molecule has 0 atom stereocenters. The number of hydrogen-bond acceptors (Lipinski definition) is 4. The fourth-order valence-corrected chi connectivity index (χ4v) is 1.51. The second-order valence-corrected chi connectivity index (χ2v) is 3.73. The maximum Gasteiger partial charge on any atom is 0.226 e. The lowest BCUT2D eigenvalue weighted by Crippen LogP contribution is -2.14. The highest BCUT2D eigenvalue weighted by Gasteiger charge is 2.01. The normalized spacial score (nSPS) is 10.8. The topological polar surface area (TPSA) is 66.7 Å². The number of nitrogens with zero attached hydrogens (tertiary/aromatic N) is 2. The Balaban J connectivity index is 1.59. The van der Waals surface area contributed by atoms with Crippen LogP contribution in [-0.2, 0) is 13.0 Å². The first-order valence-corrected chi connectivity index (χ1v) is 5.46. The van der Waals surface area contributed by atoms with E-state index in [0.29, 0.717) is 5.82 Å². The third-order valence-electron chi connectivity index (χ3n) is 2.31. The predicted molar refractivity (Wildman–Crippen MR) is 59.9 cm³/mol. The van der Waals surface area contributed by atoms with Gasteiger partial charge in [-0.05, 0) is 31.5 Å². The van der Waals surface area contributed by atoms with Crippen LogP contribution in [0.1, 0.15) is 23.7 Å². The highest BCUT2D eigenvalue weighted by atomic mass is 16.5. The van der Waals surface area contributed by atoms with Gasteiger partial charge >= 0.3 is 0 Å². The average Bonchev–Trinajstić information content (AvgIpc) is 2.89. The maximum atomic E-state index is 5.02. The predicted octanol–water partition coefficient (Wildman–Crippen LogP) is 1.43. The van der Waals surface area contributed by atoms with E-state index in [-0.39, 0.29) is 0 Å². The van der Waals surface area contributed by atoms with Crippen LogP contribution >= 0.6 is 0 Å². The lowest BCUT2D eigenvalue weighted by atomic mass is 10.3. The van der Waals surface area contributed by atoms with Crippen molar-refractivity contribution in [3.05, 3.63) is 35.7 Å². The van der Waals surface area contributed by atoms with E-state index in [4.69, 9.17) is 4.52 Å². The van der Waals surface area contributed by atoms with Gasteiger partial charge in [0, 0.05) is 25.4 Å². The summed E-state index contributed by atoms with van der Waals surface area (Å²) >= 11 is 0. The first-order chi connectivity index (χ1) is 7.84. The molecule has 2 heterocycles. The lowest BCUT2D eigenvalue weighted by molar-refractivity contribution is 0.371. The molecule has 5 heteroatoms. The third-order valence-corrected chi connectivity index (χ3v) is 2.31. The molecule has 2 rings (SSSR count). The molecule has 2 aromatic heterocycles. The molecule has 0 spiro atoms. The minimum atomic E-state index is 0.704. The fourth-order valence-electron chi connectivity index (χ4n) is 1.51. The summed E-state index contributed by atoms with van der Waals surface area (Å²) < 4.78 is 5.02. The first-order valence-electron chi connectivity index (χ1n) is 5.46. The molecule has 16 heavy (non-hydrogen) atoms.